The van der Waals surface area contributed by atoms with Gasteiger partial charge in [0.2, 0.25) is 0 Å². The standard InChI is InChI=1S/C29H42F4O/c1-3-5-21-9-13-23(14-10-21)17-18-24-15-11-22(12-16-24)6-4-7-26(34)25-19-8-20(2)28(30)27(25)29(31,32)33/h8,19,21-24H,3-7,9-18H2,1-2H3. The molecule has 0 unspecified atom stereocenters. The van der Waals surface area contributed by atoms with E-state index in [2.05, 4.69) is 6.92 Å². The van der Waals surface area contributed by atoms with Crippen LogP contribution >= 0.6 is 0 Å². The minimum atomic E-state index is -4.87. The van der Waals surface area contributed by atoms with Crippen molar-refractivity contribution in [1.82, 2.24) is 0 Å². The average Bonchev–Trinajstić information content (AvgIpc) is 2.80. The number of alkyl halides is 3. The van der Waals surface area contributed by atoms with Crippen LogP contribution in [0, 0.1) is 36.4 Å². The van der Waals surface area contributed by atoms with Gasteiger partial charge < -0.3 is 0 Å². The summed E-state index contributed by atoms with van der Waals surface area (Å²) in [6.45, 7) is 3.57. The second kappa shape index (κ2) is 12.5. The molecular formula is C29H42F4O. The Balaban J connectivity index is 1.36. The summed E-state index contributed by atoms with van der Waals surface area (Å²) >= 11 is 0. The number of halogens is 4. The van der Waals surface area contributed by atoms with Crippen LogP contribution < -0.4 is 0 Å². The normalized spacial score (nSPS) is 25.9. The number of aryl methyl sites for hydroxylation is 1. The van der Waals surface area contributed by atoms with E-state index in [1.165, 1.54) is 77.2 Å². The summed E-state index contributed by atoms with van der Waals surface area (Å²) in [7, 11) is 0. The average molecular weight is 483 g/mol. The van der Waals surface area contributed by atoms with E-state index in [-0.39, 0.29) is 12.0 Å². The number of hydrogen-bond acceptors (Lipinski definition) is 1. The zero-order chi connectivity index (χ0) is 24.7. The maximum atomic E-state index is 14.1. The molecule has 0 aromatic heterocycles. The Morgan fingerprint density at radius 1 is 0.824 bits per heavy atom. The summed E-state index contributed by atoms with van der Waals surface area (Å²) < 4.78 is 54.1. The highest BCUT2D eigenvalue weighted by molar-refractivity contribution is 5.97. The van der Waals surface area contributed by atoms with Crippen LogP contribution in [0.5, 0.6) is 0 Å². The monoisotopic (exact) mass is 482 g/mol. The summed E-state index contributed by atoms with van der Waals surface area (Å²) in [6.07, 6.45) is 12.5. The number of benzene rings is 1. The van der Waals surface area contributed by atoms with Crippen molar-refractivity contribution >= 4 is 5.78 Å². The summed E-state index contributed by atoms with van der Waals surface area (Å²) in [5.74, 6) is 1.33. The van der Waals surface area contributed by atoms with Crippen LogP contribution in [0.25, 0.3) is 0 Å². The lowest BCUT2D eigenvalue weighted by Crippen LogP contribution is -2.19. The Morgan fingerprint density at radius 2 is 1.29 bits per heavy atom. The molecule has 0 amide bonds. The van der Waals surface area contributed by atoms with E-state index in [9.17, 15) is 22.4 Å². The fraction of sp³-hybridized carbons (Fsp3) is 0.759. The Kier molecular flexibility index (Phi) is 10.0. The van der Waals surface area contributed by atoms with Gasteiger partial charge in [0.1, 0.15) is 11.4 Å². The van der Waals surface area contributed by atoms with E-state index in [1.807, 2.05) is 0 Å². The van der Waals surface area contributed by atoms with Crippen LogP contribution in [0.3, 0.4) is 0 Å². The molecule has 0 N–H and O–H groups in total. The second-order valence-corrected chi connectivity index (χ2v) is 11.1. The fourth-order valence-corrected chi connectivity index (χ4v) is 6.37. The van der Waals surface area contributed by atoms with Gasteiger partial charge in [0.15, 0.2) is 5.78 Å². The Morgan fingerprint density at radius 3 is 1.76 bits per heavy atom. The van der Waals surface area contributed by atoms with Crippen molar-refractivity contribution in [1.29, 1.82) is 0 Å². The molecule has 0 bridgehead atoms. The molecule has 0 heterocycles. The molecule has 34 heavy (non-hydrogen) atoms. The third-order valence-electron chi connectivity index (χ3n) is 8.55. The van der Waals surface area contributed by atoms with Crippen LogP contribution in [0.15, 0.2) is 12.1 Å². The van der Waals surface area contributed by atoms with Gasteiger partial charge >= 0.3 is 6.18 Å². The third-order valence-corrected chi connectivity index (χ3v) is 8.55. The molecule has 0 aliphatic heterocycles. The fourth-order valence-electron chi connectivity index (χ4n) is 6.37. The molecule has 0 radical (unpaired) electrons. The molecule has 1 nitrogen and oxygen atoms in total. The molecule has 0 saturated heterocycles. The molecule has 0 spiro atoms. The first-order valence-corrected chi connectivity index (χ1v) is 13.6. The number of rotatable bonds is 10. The minimum Gasteiger partial charge on any atom is -0.294 e. The van der Waals surface area contributed by atoms with Gasteiger partial charge in [0.25, 0.3) is 0 Å². The smallest absolute Gasteiger partial charge is 0.294 e. The van der Waals surface area contributed by atoms with Gasteiger partial charge in [-0.2, -0.15) is 13.2 Å². The van der Waals surface area contributed by atoms with Crippen molar-refractivity contribution in [2.75, 3.05) is 0 Å². The first-order chi connectivity index (χ1) is 16.2. The highest BCUT2D eigenvalue weighted by Crippen LogP contribution is 2.39. The number of carbonyl (C=O) groups excluding carboxylic acids is 1. The zero-order valence-electron chi connectivity index (χ0n) is 21.0. The molecule has 2 fully saturated rings. The SMILES string of the molecule is CCCC1CCC(CCC2CCC(CCCC(=O)c3ccc(C)c(F)c3C(F)(F)F)CC2)CC1. The van der Waals surface area contributed by atoms with E-state index >= 15 is 0 Å². The number of Topliss-reactive ketones (excluding diaryl/α,β-unsaturated/α-hetero) is 1. The molecule has 0 atom stereocenters. The molecule has 1 aromatic carbocycles. The number of ketones is 1. The van der Waals surface area contributed by atoms with E-state index in [0.717, 1.165) is 43.1 Å². The molecule has 2 aliphatic rings. The Labute approximate surface area is 203 Å². The highest BCUT2D eigenvalue weighted by atomic mass is 19.4. The van der Waals surface area contributed by atoms with Crippen LogP contribution in [0.2, 0.25) is 0 Å². The van der Waals surface area contributed by atoms with Crippen LogP contribution in [-0.4, -0.2) is 5.78 Å². The topological polar surface area (TPSA) is 17.1 Å². The molecule has 1 aromatic rings. The van der Waals surface area contributed by atoms with Gasteiger partial charge in [0, 0.05) is 12.0 Å². The van der Waals surface area contributed by atoms with Crippen LogP contribution in [-0.2, 0) is 6.18 Å². The summed E-state index contributed by atoms with van der Waals surface area (Å²) in [6, 6.07) is 2.39. The maximum absolute atomic E-state index is 14.1. The summed E-state index contributed by atoms with van der Waals surface area (Å²) in [5, 5.41) is 0. The van der Waals surface area contributed by atoms with E-state index in [4.69, 9.17) is 0 Å². The Hall–Kier alpha value is -1.39. The lowest BCUT2D eigenvalue weighted by molar-refractivity contribution is -0.140. The highest BCUT2D eigenvalue weighted by Gasteiger charge is 2.39. The van der Waals surface area contributed by atoms with Crippen LogP contribution in [0.4, 0.5) is 17.6 Å². The van der Waals surface area contributed by atoms with Crippen molar-refractivity contribution in [3.63, 3.8) is 0 Å². The van der Waals surface area contributed by atoms with Gasteiger partial charge in [-0.1, -0.05) is 103 Å². The minimum absolute atomic E-state index is 0.0478. The molecule has 5 heteroatoms. The third kappa shape index (κ3) is 7.55. The first-order valence-electron chi connectivity index (χ1n) is 13.6. The lowest BCUT2D eigenvalue weighted by Gasteiger charge is -2.32. The van der Waals surface area contributed by atoms with Crippen molar-refractivity contribution in [3.8, 4) is 0 Å². The van der Waals surface area contributed by atoms with Gasteiger partial charge in [-0.05, 0) is 42.6 Å². The predicted octanol–water partition coefficient (Wildman–Crippen LogP) is 9.70. The molecular weight excluding hydrogens is 440 g/mol. The molecule has 2 saturated carbocycles. The molecule has 2 aliphatic carbocycles. The zero-order valence-corrected chi connectivity index (χ0v) is 21.0. The van der Waals surface area contributed by atoms with Gasteiger partial charge in [-0.15, -0.1) is 0 Å². The number of hydrogen-bond donors (Lipinski definition) is 0. The maximum Gasteiger partial charge on any atom is 0.419 e. The number of carbonyl (C=O) groups is 1. The quantitative estimate of drug-likeness (QED) is 0.240. The van der Waals surface area contributed by atoms with Gasteiger partial charge in [0.05, 0.1) is 0 Å². The molecule has 192 valence electrons. The Bertz CT molecular complexity index is 784. The van der Waals surface area contributed by atoms with Crippen molar-refractivity contribution in [2.45, 2.75) is 116 Å². The largest absolute Gasteiger partial charge is 0.419 e. The first kappa shape index (κ1) is 27.2. The van der Waals surface area contributed by atoms with Gasteiger partial charge in [-0.25, -0.2) is 4.39 Å². The molecule has 3 rings (SSSR count). The van der Waals surface area contributed by atoms with Crippen molar-refractivity contribution in [3.05, 3.63) is 34.6 Å². The van der Waals surface area contributed by atoms with E-state index in [0.29, 0.717) is 12.3 Å². The predicted molar refractivity (Wildman–Crippen MR) is 129 cm³/mol. The van der Waals surface area contributed by atoms with Crippen molar-refractivity contribution in [2.24, 2.45) is 23.7 Å². The van der Waals surface area contributed by atoms with E-state index in [1.54, 1.807) is 0 Å². The lowest BCUT2D eigenvalue weighted by atomic mass is 9.74. The summed E-state index contributed by atoms with van der Waals surface area (Å²) in [5.41, 5.74) is -2.02. The van der Waals surface area contributed by atoms with Gasteiger partial charge in [-0.3, -0.25) is 4.79 Å². The van der Waals surface area contributed by atoms with Crippen molar-refractivity contribution < 1.29 is 22.4 Å². The van der Waals surface area contributed by atoms with Crippen LogP contribution in [0.1, 0.15) is 125 Å². The summed E-state index contributed by atoms with van der Waals surface area (Å²) in [4.78, 5) is 12.5. The second-order valence-electron chi connectivity index (χ2n) is 11.1. The van der Waals surface area contributed by atoms with E-state index < -0.39 is 28.9 Å².